The molecule has 106 valence electrons. The minimum atomic E-state index is -1.03. The summed E-state index contributed by atoms with van der Waals surface area (Å²) in [7, 11) is 0. The van der Waals surface area contributed by atoms with E-state index in [0.29, 0.717) is 29.1 Å². The first-order valence-corrected chi connectivity index (χ1v) is 6.61. The maximum absolute atomic E-state index is 13.6. The van der Waals surface area contributed by atoms with Gasteiger partial charge in [-0.3, -0.25) is 0 Å². The second kappa shape index (κ2) is 5.22. The molecule has 1 N–H and O–H groups in total. The maximum atomic E-state index is 13.6. The van der Waals surface area contributed by atoms with Gasteiger partial charge in [-0.25, -0.2) is 9.18 Å². The smallest absolute Gasteiger partial charge is 0.335 e. The molecule has 3 rings (SSSR count). The fourth-order valence-electron chi connectivity index (χ4n) is 2.29. The molecular weight excluding hydrogens is 295 g/mol. The molecule has 0 fully saturated rings. The first-order valence-electron chi connectivity index (χ1n) is 6.23. The van der Waals surface area contributed by atoms with Gasteiger partial charge in [0, 0.05) is 11.1 Å². The zero-order valence-electron chi connectivity index (χ0n) is 10.8. The lowest BCUT2D eigenvalue weighted by molar-refractivity contribution is 0.0697. The highest BCUT2D eigenvalue weighted by molar-refractivity contribution is 6.32. The van der Waals surface area contributed by atoms with Crippen molar-refractivity contribution in [1.82, 2.24) is 0 Å². The summed E-state index contributed by atoms with van der Waals surface area (Å²) in [4.78, 5) is 11.1. The quantitative estimate of drug-likeness (QED) is 0.912. The van der Waals surface area contributed by atoms with E-state index in [1.807, 2.05) is 0 Å². The molecule has 0 spiro atoms. The summed E-state index contributed by atoms with van der Waals surface area (Å²) in [5.41, 5.74) is 1.92. The van der Waals surface area contributed by atoms with E-state index in [2.05, 4.69) is 0 Å². The van der Waals surface area contributed by atoms with Gasteiger partial charge in [-0.1, -0.05) is 23.7 Å². The third-order valence-electron chi connectivity index (χ3n) is 3.28. The van der Waals surface area contributed by atoms with Crippen LogP contribution in [0.1, 0.15) is 21.5 Å². The highest BCUT2D eigenvalue weighted by Crippen LogP contribution is 2.38. The standard InChI is InChI=1S/C16H10ClFO3/c17-15-11(2-1-3-13(15)18)10-6-7-21-14-5-4-9(16(19)20)8-12(10)14/h1-6,8H,7H2,(H,19,20). The average Bonchev–Trinajstić information content (AvgIpc) is 2.49. The molecule has 1 heterocycles. The summed E-state index contributed by atoms with van der Waals surface area (Å²) in [6, 6.07) is 9.10. The topological polar surface area (TPSA) is 46.5 Å². The molecule has 0 atom stereocenters. The third kappa shape index (κ3) is 2.38. The first kappa shape index (κ1) is 13.6. The van der Waals surface area contributed by atoms with Crippen molar-refractivity contribution in [3.8, 4) is 5.75 Å². The molecule has 5 heteroatoms. The normalized spacial score (nSPS) is 13.1. The summed E-state index contributed by atoms with van der Waals surface area (Å²) in [6.45, 7) is 0.321. The van der Waals surface area contributed by atoms with Gasteiger partial charge in [-0.05, 0) is 35.9 Å². The lowest BCUT2D eigenvalue weighted by Crippen LogP contribution is -2.08. The van der Waals surface area contributed by atoms with E-state index >= 15 is 0 Å². The Labute approximate surface area is 125 Å². The Morgan fingerprint density at radius 1 is 1.24 bits per heavy atom. The number of ether oxygens (including phenoxy) is 1. The molecule has 0 bridgehead atoms. The second-order valence-corrected chi connectivity index (χ2v) is 4.92. The molecule has 0 amide bonds. The number of hydrogen-bond acceptors (Lipinski definition) is 2. The van der Waals surface area contributed by atoms with Gasteiger partial charge in [0.05, 0.1) is 10.6 Å². The van der Waals surface area contributed by atoms with Gasteiger partial charge in [0.25, 0.3) is 0 Å². The molecule has 0 radical (unpaired) electrons. The fourth-order valence-corrected chi connectivity index (χ4v) is 2.52. The van der Waals surface area contributed by atoms with Crippen LogP contribution in [-0.2, 0) is 0 Å². The Bertz CT molecular complexity index is 768. The van der Waals surface area contributed by atoms with Crippen LogP contribution in [0, 0.1) is 5.82 Å². The van der Waals surface area contributed by atoms with Crippen LogP contribution in [0.15, 0.2) is 42.5 Å². The summed E-state index contributed by atoms with van der Waals surface area (Å²) in [5, 5.41) is 9.11. The van der Waals surface area contributed by atoms with E-state index in [1.54, 1.807) is 24.3 Å². The zero-order valence-corrected chi connectivity index (χ0v) is 11.5. The molecule has 0 saturated carbocycles. The van der Waals surface area contributed by atoms with Crippen molar-refractivity contribution in [2.75, 3.05) is 6.61 Å². The lowest BCUT2D eigenvalue weighted by Gasteiger charge is -2.20. The SMILES string of the molecule is O=C(O)c1ccc2c(c1)C(c1cccc(F)c1Cl)=CCO2. The van der Waals surface area contributed by atoms with Gasteiger partial charge in [0.1, 0.15) is 18.2 Å². The van der Waals surface area contributed by atoms with Crippen LogP contribution < -0.4 is 4.74 Å². The number of rotatable bonds is 2. The largest absolute Gasteiger partial charge is 0.489 e. The van der Waals surface area contributed by atoms with Crippen LogP contribution in [0.2, 0.25) is 5.02 Å². The minimum Gasteiger partial charge on any atom is -0.489 e. The van der Waals surface area contributed by atoms with Crippen molar-refractivity contribution in [2.45, 2.75) is 0 Å². The zero-order chi connectivity index (χ0) is 15.0. The van der Waals surface area contributed by atoms with E-state index in [9.17, 15) is 9.18 Å². The molecule has 3 nitrogen and oxygen atoms in total. The van der Waals surface area contributed by atoms with Crippen LogP contribution in [-0.4, -0.2) is 17.7 Å². The predicted octanol–water partition coefficient (Wildman–Crippen LogP) is 4.00. The minimum absolute atomic E-state index is 0.0114. The third-order valence-corrected chi connectivity index (χ3v) is 3.67. The number of halogens is 2. The van der Waals surface area contributed by atoms with Gasteiger partial charge in [0.2, 0.25) is 0 Å². The van der Waals surface area contributed by atoms with Gasteiger partial charge in [0.15, 0.2) is 0 Å². The van der Waals surface area contributed by atoms with Crippen molar-refractivity contribution in [3.63, 3.8) is 0 Å². The summed E-state index contributed by atoms with van der Waals surface area (Å²) in [5.74, 6) is -0.997. The first-order chi connectivity index (χ1) is 10.1. The van der Waals surface area contributed by atoms with E-state index in [4.69, 9.17) is 21.4 Å². The summed E-state index contributed by atoms with van der Waals surface area (Å²) >= 11 is 6.02. The van der Waals surface area contributed by atoms with Crippen LogP contribution in [0.25, 0.3) is 5.57 Å². The molecule has 0 aromatic heterocycles. The Hall–Kier alpha value is -2.33. The van der Waals surface area contributed by atoms with Crippen molar-refractivity contribution in [2.24, 2.45) is 0 Å². The molecule has 1 aliphatic rings. The highest BCUT2D eigenvalue weighted by atomic mass is 35.5. The maximum Gasteiger partial charge on any atom is 0.335 e. The van der Waals surface area contributed by atoms with Crippen LogP contribution in [0.4, 0.5) is 4.39 Å². The Balaban J connectivity index is 2.18. The predicted molar refractivity (Wildman–Crippen MR) is 77.4 cm³/mol. The number of carboxylic acids is 1. The van der Waals surface area contributed by atoms with E-state index < -0.39 is 11.8 Å². The number of benzene rings is 2. The summed E-state index contributed by atoms with van der Waals surface area (Å²) in [6.07, 6.45) is 1.76. The number of hydrogen-bond donors (Lipinski definition) is 1. The number of carbonyl (C=O) groups is 1. The van der Waals surface area contributed by atoms with E-state index in [-0.39, 0.29) is 10.6 Å². The molecule has 0 aliphatic carbocycles. The Morgan fingerprint density at radius 2 is 2.05 bits per heavy atom. The molecule has 1 aliphatic heterocycles. The van der Waals surface area contributed by atoms with Crippen molar-refractivity contribution in [1.29, 1.82) is 0 Å². The van der Waals surface area contributed by atoms with E-state index in [1.165, 1.54) is 18.2 Å². The number of aromatic carboxylic acids is 1. The fraction of sp³-hybridized carbons (Fsp3) is 0.0625. The molecule has 0 unspecified atom stereocenters. The van der Waals surface area contributed by atoms with Gasteiger partial charge in [-0.15, -0.1) is 0 Å². The molecular formula is C16H10ClFO3. The van der Waals surface area contributed by atoms with Crippen LogP contribution >= 0.6 is 11.6 Å². The van der Waals surface area contributed by atoms with Crippen molar-refractivity contribution >= 4 is 23.1 Å². The van der Waals surface area contributed by atoms with Crippen molar-refractivity contribution in [3.05, 3.63) is 70.0 Å². The van der Waals surface area contributed by atoms with Gasteiger partial charge < -0.3 is 9.84 Å². The molecule has 0 saturated heterocycles. The van der Waals surface area contributed by atoms with Gasteiger partial charge >= 0.3 is 5.97 Å². The van der Waals surface area contributed by atoms with Crippen LogP contribution in [0.3, 0.4) is 0 Å². The average molecular weight is 305 g/mol. The molecule has 21 heavy (non-hydrogen) atoms. The summed E-state index contributed by atoms with van der Waals surface area (Å²) < 4.78 is 19.1. The number of fused-ring (bicyclic) bond motifs is 1. The van der Waals surface area contributed by atoms with Crippen molar-refractivity contribution < 1.29 is 19.0 Å². The Morgan fingerprint density at radius 3 is 2.81 bits per heavy atom. The molecule has 2 aromatic rings. The Kier molecular flexibility index (Phi) is 3.39. The number of carboxylic acid groups (broad SMARTS) is 1. The van der Waals surface area contributed by atoms with Gasteiger partial charge in [-0.2, -0.15) is 0 Å². The lowest BCUT2D eigenvalue weighted by atomic mass is 9.94. The second-order valence-electron chi connectivity index (χ2n) is 4.55. The highest BCUT2D eigenvalue weighted by Gasteiger charge is 2.20. The van der Waals surface area contributed by atoms with Crippen LogP contribution in [0.5, 0.6) is 5.75 Å². The molecule has 2 aromatic carbocycles. The monoisotopic (exact) mass is 304 g/mol. The van der Waals surface area contributed by atoms with E-state index in [0.717, 1.165) is 0 Å².